The fraction of sp³-hybridized carbons (Fsp3) is 0.250. The summed E-state index contributed by atoms with van der Waals surface area (Å²) in [6, 6.07) is 28.8. The second-order valence-electron chi connectivity index (χ2n) is 10.2. The van der Waals surface area contributed by atoms with Crippen LogP contribution in [0.1, 0.15) is 31.2 Å². The summed E-state index contributed by atoms with van der Waals surface area (Å²) in [5.74, 6) is 1.98. The Balaban J connectivity index is 1.11. The maximum Gasteiger partial charge on any atom is 0.225 e. The zero-order chi connectivity index (χ0) is 25.6. The molecule has 0 amide bonds. The van der Waals surface area contributed by atoms with Crippen molar-refractivity contribution in [3.8, 4) is 5.75 Å². The minimum atomic E-state index is 0.344. The van der Waals surface area contributed by atoms with Crippen molar-refractivity contribution >= 4 is 23.9 Å². The summed E-state index contributed by atoms with van der Waals surface area (Å²) < 4.78 is 6.41. The Morgan fingerprint density at radius 2 is 1.61 bits per heavy atom. The summed E-state index contributed by atoms with van der Waals surface area (Å²) in [5.41, 5.74) is 9.26. The fourth-order valence-corrected chi connectivity index (χ4v) is 5.52. The van der Waals surface area contributed by atoms with Crippen molar-refractivity contribution in [3.63, 3.8) is 0 Å². The van der Waals surface area contributed by atoms with E-state index in [-0.39, 0.29) is 0 Å². The molecule has 3 aromatic carbocycles. The van der Waals surface area contributed by atoms with Crippen LogP contribution in [0.25, 0.3) is 0 Å². The average Bonchev–Trinajstić information content (AvgIpc) is 3.35. The zero-order valence-electron chi connectivity index (χ0n) is 21.5. The number of para-hydroxylation sites is 1. The number of aliphatic imine (C=N–C) groups is 2. The van der Waals surface area contributed by atoms with Gasteiger partial charge in [-0.05, 0) is 61.4 Å². The quantitative estimate of drug-likeness (QED) is 0.305. The third-order valence-corrected chi connectivity index (χ3v) is 7.62. The van der Waals surface area contributed by atoms with Crippen molar-refractivity contribution in [2.45, 2.75) is 32.3 Å². The van der Waals surface area contributed by atoms with Crippen LogP contribution in [0.2, 0.25) is 0 Å². The minimum Gasteiger partial charge on any atom is -0.489 e. The van der Waals surface area contributed by atoms with Gasteiger partial charge in [0, 0.05) is 24.2 Å². The highest BCUT2D eigenvalue weighted by atomic mass is 16.5. The van der Waals surface area contributed by atoms with Crippen LogP contribution in [-0.2, 0) is 6.61 Å². The number of fused-ring (bicyclic) bond motifs is 1. The minimum absolute atomic E-state index is 0.344. The second kappa shape index (κ2) is 11.1. The van der Waals surface area contributed by atoms with Gasteiger partial charge in [-0.15, -0.1) is 4.59 Å². The van der Waals surface area contributed by atoms with E-state index in [1.54, 1.807) is 0 Å². The van der Waals surface area contributed by atoms with Gasteiger partial charge in [0.05, 0.1) is 18.1 Å². The van der Waals surface area contributed by atoms with Gasteiger partial charge in [0.2, 0.25) is 12.0 Å². The van der Waals surface area contributed by atoms with Gasteiger partial charge < -0.3 is 10.1 Å². The molecule has 0 spiro atoms. The Hall–Kier alpha value is -4.16. The van der Waals surface area contributed by atoms with E-state index in [9.17, 15) is 0 Å². The van der Waals surface area contributed by atoms with Crippen LogP contribution >= 0.6 is 0 Å². The van der Waals surface area contributed by atoms with Crippen LogP contribution in [0.5, 0.6) is 5.75 Å². The standard InChI is InChI=1S/C32H34N5O/c1-3-8-26(9-4-1)23-38-30-13-7-12-29(20-30)36-37-19-18-33-22-31(37)32(35-24-37)27-16-14-25(15-17-27)21-34-28-10-5-2-6-11-28/h1-13,18-20,22,24-25,27,34,36H,14-17,21,23H2/q+1. The summed E-state index contributed by atoms with van der Waals surface area (Å²) in [6.07, 6.45) is 12.6. The first kappa shape index (κ1) is 24.2. The number of allylic oxidation sites excluding steroid dienone is 2. The van der Waals surface area contributed by atoms with Gasteiger partial charge in [0.25, 0.3) is 0 Å². The molecule has 1 atom stereocenters. The van der Waals surface area contributed by atoms with E-state index in [0.29, 0.717) is 23.0 Å². The molecule has 38 heavy (non-hydrogen) atoms. The number of ether oxygens (including phenoxy) is 1. The van der Waals surface area contributed by atoms with Crippen molar-refractivity contribution in [1.29, 1.82) is 0 Å². The molecule has 1 fully saturated rings. The molecule has 1 saturated carbocycles. The highest BCUT2D eigenvalue weighted by Crippen LogP contribution is 2.40. The maximum absolute atomic E-state index is 6.06. The Morgan fingerprint density at radius 1 is 0.842 bits per heavy atom. The molecule has 1 unspecified atom stereocenters. The number of anilines is 2. The van der Waals surface area contributed by atoms with Gasteiger partial charge in [-0.2, -0.15) is 4.99 Å². The van der Waals surface area contributed by atoms with E-state index in [1.165, 1.54) is 18.5 Å². The summed E-state index contributed by atoms with van der Waals surface area (Å²) in [5, 5.41) is 3.60. The molecule has 0 saturated heterocycles. The lowest BCUT2D eigenvalue weighted by atomic mass is 9.80. The van der Waals surface area contributed by atoms with E-state index >= 15 is 0 Å². The summed E-state index contributed by atoms with van der Waals surface area (Å²) in [4.78, 5) is 9.44. The number of quaternary nitrogens is 1. The van der Waals surface area contributed by atoms with E-state index in [2.05, 4.69) is 70.5 Å². The Labute approximate surface area is 224 Å². The number of rotatable bonds is 9. The summed E-state index contributed by atoms with van der Waals surface area (Å²) in [6.45, 7) is 1.57. The van der Waals surface area contributed by atoms with Crippen molar-refractivity contribution in [1.82, 2.24) is 0 Å². The molecule has 3 aromatic rings. The molecule has 1 aliphatic carbocycles. The third kappa shape index (κ3) is 5.41. The van der Waals surface area contributed by atoms with E-state index in [4.69, 9.17) is 9.73 Å². The van der Waals surface area contributed by atoms with Crippen molar-refractivity contribution in [2.24, 2.45) is 21.8 Å². The van der Waals surface area contributed by atoms with Crippen LogP contribution in [0.4, 0.5) is 11.4 Å². The van der Waals surface area contributed by atoms with Crippen LogP contribution in [0, 0.1) is 11.8 Å². The van der Waals surface area contributed by atoms with Crippen molar-refractivity contribution in [2.75, 3.05) is 17.3 Å². The van der Waals surface area contributed by atoms with Gasteiger partial charge in [0.1, 0.15) is 18.1 Å². The first-order valence-corrected chi connectivity index (χ1v) is 13.5. The predicted octanol–water partition coefficient (Wildman–Crippen LogP) is 7.14. The smallest absolute Gasteiger partial charge is 0.225 e. The molecule has 0 aromatic heterocycles. The van der Waals surface area contributed by atoms with Crippen LogP contribution in [0.3, 0.4) is 0 Å². The lowest BCUT2D eigenvalue weighted by Gasteiger charge is -2.31. The third-order valence-electron chi connectivity index (χ3n) is 7.62. The highest BCUT2D eigenvalue weighted by molar-refractivity contribution is 5.84. The predicted molar refractivity (Wildman–Crippen MR) is 155 cm³/mol. The summed E-state index contributed by atoms with van der Waals surface area (Å²) in [7, 11) is 0. The first-order valence-electron chi connectivity index (χ1n) is 13.5. The van der Waals surface area contributed by atoms with Gasteiger partial charge in [0.15, 0.2) is 6.20 Å². The molecule has 6 nitrogen and oxygen atoms in total. The van der Waals surface area contributed by atoms with Crippen molar-refractivity contribution in [3.05, 3.63) is 114 Å². The molecular formula is C32H34N5O+. The summed E-state index contributed by atoms with van der Waals surface area (Å²) >= 11 is 0. The Kier molecular flexibility index (Phi) is 7.05. The average molecular weight is 505 g/mol. The van der Waals surface area contributed by atoms with Crippen LogP contribution in [0.15, 0.2) is 119 Å². The largest absolute Gasteiger partial charge is 0.489 e. The van der Waals surface area contributed by atoms with Crippen molar-refractivity contribution < 1.29 is 9.33 Å². The molecular weight excluding hydrogens is 470 g/mol. The Bertz CT molecular complexity index is 1360. The zero-order valence-corrected chi connectivity index (χ0v) is 21.5. The second-order valence-corrected chi connectivity index (χ2v) is 10.2. The number of hydrogen-bond donors (Lipinski definition) is 2. The van der Waals surface area contributed by atoms with E-state index < -0.39 is 0 Å². The fourth-order valence-electron chi connectivity index (χ4n) is 5.52. The molecule has 6 rings (SSSR count). The van der Waals surface area contributed by atoms with Gasteiger partial charge in [-0.1, -0.05) is 54.6 Å². The number of nitrogens with zero attached hydrogens (tertiary/aromatic N) is 3. The molecule has 2 N–H and O–H groups in total. The van der Waals surface area contributed by atoms with Crippen LogP contribution < -0.4 is 15.5 Å². The molecule has 192 valence electrons. The molecule has 0 radical (unpaired) electrons. The molecule has 2 heterocycles. The number of nitrogens with one attached hydrogen (secondary N) is 2. The van der Waals surface area contributed by atoms with Crippen LogP contribution in [-0.4, -0.2) is 23.7 Å². The number of benzene rings is 3. The molecule has 2 aliphatic heterocycles. The van der Waals surface area contributed by atoms with Gasteiger partial charge in [-0.25, -0.2) is 5.43 Å². The molecule has 3 aliphatic rings. The maximum atomic E-state index is 6.06. The lowest BCUT2D eigenvalue weighted by Crippen LogP contribution is -2.45. The Morgan fingerprint density at radius 3 is 2.42 bits per heavy atom. The lowest BCUT2D eigenvalue weighted by molar-refractivity contribution is -0.705. The highest BCUT2D eigenvalue weighted by Gasteiger charge is 2.42. The van der Waals surface area contributed by atoms with E-state index in [0.717, 1.165) is 47.8 Å². The normalized spacial score (nSPS) is 23.8. The van der Waals surface area contributed by atoms with Gasteiger partial charge >= 0.3 is 0 Å². The van der Waals surface area contributed by atoms with Gasteiger partial charge in [-0.3, -0.25) is 4.99 Å². The molecule has 6 heteroatoms. The monoisotopic (exact) mass is 504 g/mol. The SMILES string of the molecule is C1=C[N+]2(Nc3cccc(OCc4ccccc4)c3)C=NC(C3CCC(CNc4ccccc4)CC3)=C2C=N1. The topological polar surface area (TPSA) is 58.0 Å². The molecule has 0 bridgehead atoms. The first-order chi connectivity index (χ1) is 18.8. The van der Waals surface area contributed by atoms with E-state index in [1.807, 2.05) is 55.2 Å². The number of hydrogen-bond acceptors (Lipinski definition) is 5.